The van der Waals surface area contributed by atoms with Crippen molar-refractivity contribution in [2.24, 2.45) is 0 Å². The molecule has 1 amide bonds. The molecule has 1 aromatic heterocycles. The maximum absolute atomic E-state index is 13.1. The summed E-state index contributed by atoms with van der Waals surface area (Å²) in [4.78, 5) is 32.9. The molecule has 1 N–H and O–H groups in total. The van der Waals surface area contributed by atoms with Crippen LogP contribution in [0.5, 0.6) is 11.5 Å². The van der Waals surface area contributed by atoms with E-state index in [1.807, 2.05) is 0 Å². The van der Waals surface area contributed by atoms with Crippen molar-refractivity contribution in [1.82, 2.24) is 9.78 Å². The maximum atomic E-state index is 13.1. The number of carbonyl (C=O) groups excluding carboxylic acids is 1. The van der Waals surface area contributed by atoms with Gasteiger partial charge in [-0.15, -0.1) is 0 Å². The molecule has 0 aliphatic heterocycles. The van der Waals surface area contributed by atoms with Crippen molar-refractivity contribution in [1.29, 1.82) is 0 Å². The van der Waals surface area contributed by atoms with E-state index in [1.54, 1.807) is 0 Å². The molecule has 16 heteroatoms. The molecular weight excluding hydrogens is 501 g/mol. The second-order valence-electron chi connectivity index (χ2n) is 7.18. The van der Waals surface area contributed by atoms with E-state index in [4.69, 9.17) is 4.74 Å². The highest BCUT2D eigenvalue weighted by molar-refractivity contribution is 5.91. The number of halogens is 5. The van der Waals surface area contributed by atoms with Crippen molar-refractivity contribution >= 4 is 23.0 Å². The predicted octanol–water partition coefficient (Wildman–Crippen LogP) is 5.40. The van der Waals surface area contributed by atoms with Gasteiger partial charge in [-0.05, 0) is 25.1 Å². The number of ether oxygens (including phenoxy) is 1. The van der Waals surface area contributed by atoms with E-state index in [2.05, 4.69) is 10.4 Å². The van der Waals surface area contributed by atoms with Crippen molar-refractivity contribution < 1.29 is 41.3 Å². The fraction of sp³-hybridized carbons (Fsp3) is 0.200. The normalized spacial score (nSPS) is 11.4. The van der Waals surface area contributed by atoms with E-state index < -0.39 is 57.5 Å². The van der Waals surface area contributed by atoms with Gasteiger partial charge in [-0.3, -0.25) is 29.7 Å². The summed E-state index contributed by atoms with van der Waals surface area (Å²) in [6.45, 7) is 0.352. The number of alkyl halides is 5. The van der Waals surface area contributed by atoms with Crippen LogP contribution in [0.4, 0.5) is 39.0 Å². The van der Waals surface area contributed by atoms with Gasteiger partial charge in [-0.1, -0.05) is 6.07 Å². The number of nitro benzene ring substituents is 1. The fourth-order valence-electron chi connectivity index (χ4n) is 3.11. The van der Waals surface area contributed by atoms with Crippen LogP contribution < -0.4 is 10.1 Å². The summed E-state index contributed by atoms with van der Waals surface area (Å²) in [5.74, 6) is -1.52. The van der Waals surface area contributed by atoms with Gasteiger partial charge in [0, 0.05) is 12.1 Å². The van der Waals surface area contributed by atoms with Crippen LogP contribution in [0.1, 0.15) is 23.4 Å². The number of hydrogen-bond acceptors (Lipinski definition) is 7. The van der Waals surface area contributed by atoms with E-state index in [-0.39, 0.29) is 22.9 Å². The molecule has 0 fully saturated rings. The molecule has 36 heavy (non-hydrogen) atoms. The van der Waals surface area contributed by atoms with Crippen LogP contribution in [-0.2, 0) is 17.5 Å². The lowest BCUT2D eigenvalue weighted by molar-refractivity contribution is -0.386. The lowest BCUT2D eigenvalue weighted by Crippen LogP contribution is -2.20. The summed E-state index contributed by atoms with van der Waals surface area (Å²) in [5.41, 5.74) is -4.23. The first-order valence-corrected chi connectivity index (χ1v) is 9.70. The molecule has 0 atom stereocenters. The van der Waals surface area contributed by atoms with Crippen molar-refractivity contribution in [3.63, 3.8) is 0 Å². The number of nitro groups is 2. The largest absolute Gasteiger partial charge is 0.457 e. The first-order valence-electron chi connectivity index (χ1n) is 9.70. The molecule has 0 unspecified atom stereocenters. The van der Waals surface area contributed by atoms with E-state index in [1.165, 1.54) is 6.07 Å². The number of non-ortho nitro benzene ring substituents is 1. The topological polar surface area (TPSA) is 142 Å². The Morgan fingerprint density at radius 3 is 2.36 bits per heavy atom. The molecule has 3 rings (SSSR count). The number of carbonyl (C=O) groups is 1. The molecule has 3 aromatic rings. The number of amides is 1. The average Bonchev–Trinajstić information content (AvgIpc) is 3.09. The van der Waals surface area contributed by atoms with Gasteiger partial charge in [0.15, 0.2) is 0 Å². The lowest BCUT2D eigenvalue weighted by Gasteiger charge is -2.12. The second kappa shape index (κ2) is 9.93. The Morgan fingerprint density at radius 1 is 1.11 bits per heavy atom. The molecule has 0 bridgehead atoms. The van der Waals surface area contributed by atoms with Crippen LogP contribution in [0.25, 0.3) is 0 Å². The van der Waals surface area contributed by atoms with Crippen LogP contribution >= 0.6 is 0 Å². The Morgan fingerprint density at radius 2 is 1.81 bits per heavy atom. The molecule has 1 heterocycles. The molecule has 0 aliphatic rings. The second-order valence-corrected chi connectivity index (χ2v) is 7.18. The summed E-state index contributed by atoms with van der Waals surface area (Å²) >= 11 is 0. The Hall–Kier alpha value is -4.63. The standard InChI is InChI=1S/C20H14F5N5O6/c1-10-18(30(34)35)17(19(21)22)27-28(10)9-16(31)26-12-6-13(29(32)33)8-15(7-12)36-14-4-2-3-11(5-14)20(23,24)25/h2-8,19H,9H2,1H3,(H,26,31). The number of benzene rings is 2. The average molecular weight is 515 g/mol. The van der Waals surface area contributed by atoms with Gasteiger partial charge in [0.05, 0.1) is 27.2 Å². The lowest BCUT2D eigenvalue weighted by atomic mass is 10.2. The highest BCUT2D eigenvalue weighted by Gasteiger charge is 2.32. The summed E-state index contributed by atoms with van der Waals surface area (Å²) in [7, 11) is 0. The van der Waals surface area contributed by atoms with Crippen LogP contribution in [-0.4, -0.2) is 25.5 Å². The van der Waals surface area contributed by atoms with E-state index >= 15 is 0 Å². The van der Waals surface area contributed by atoms with Crippen LogP contribution in [0, 0.1) is 27.2 Å². The molecule has 0 saturated carbocycles. The van der Waals surface area contributed by atoms with E-state index in [0.717, 1.165) is 37.3 Å². The molecule has 0 radical (unpaired) electrons. The van der Waals surface area contributed by atoms with Gasteiger partial charge in [0.25, 0.3) is 12.1 Å². The third-order valence-electron chi connectivity index (χ3n) is 4.67. The minimum absolute atomic E-state index is 0.218. The zero-order valence-electron chi connectivity index (χ0n) is 18.0. The quantitative estimate of drug-likeness (QED) is 0.241. The van der Waals surface area contributed by atoms with Gasteiger partial charge in [-0.25, -0.2) is 8.78 Å². The Balaban J connectivity index is 1.86. The molecule has 2 aromatic carbocycles. The summed E-state index contributed by atoms with van der Waals surface area (Å²) in [6.07, 6.45) is -7.94. The molecular formula is C20H14F5N5O6. The van der Waals surface area contributed by atoms with Crippen LogP contribution in [0.15, 0.2) is 42.5 Å². The van der Waals surface area contributed by atoms with Gasteiger partial charge in [0.1, 0.15) is 23.7 Å². The summed E-state index contributed by atoms with van der Waals surface area (Å²) in [6, 6.07) is 6.62. The Kier molecular flexibility index (Phi) is 7.17. The summed E-state index contributed by atoms with van der Waals surface area (Å²) < 4.78 is 70.9. The van der Waals surface area contributed by atoms with Crippen molar-refractivity contribution in [3.05, 3.63) is 79.6 Å². The van der Waals surface area contributed by atoms with Crippen molar-refractivity contribution in [3.8, 4) is 11.5 Å². The highest BCUT2D eigenvalue weighted by atomic mass is 19.4. The summed E-state index contributed by atoms with van der Waals surface area (Å²) in [5, 5.41) is 28.0. The van der Waals surface area contributed by atoms with Crippen molar-refractivity contribution in [2.45, 2.75) is 26.1 Å². The molecule has 11 nitrogen and oxygen atoms in total. The van der Waals surface area contributed by atoms with Crippen molar-refractivity contribution in [2.75, 3.05) is 5.32 Å². The maximum Gasteiger partial charge on any atom is 0.416 e. The van der Waals surface area contributed by atoms with Gasteiger partial charge < -0.3 is 10.1 Å². The number of nitrogens with zero attached hydrogens (tertiary/aromatic N) is 4. The Labute approximate surface area is 197 Å². The number of aromatic nitrogens is 2. The zero-order valence-corrected chi connectivity index (χ0v) is 18.0. The number of rotatable bonds is 8. The van der Waals surface area contributed by atoms with Gasteiger partial charge >= 0.3 is 11.9 Å². The zero-order chi connectivity index (χ0) is 26.8. The minimum atomic E-state index is -4.66. The third-order valence-corrected chi connectivity index (χ3v) is 4.67. The van der Waals surface area contributed by atoms with Gasteiger partial charge in [-0.2, -0.15) is 18.3 Å². The van der Waals surface area contributed by atoms with Crippen LogP contribution in [0.2, 0.25) is 0 Å². The van der Waals surface area contributed by atoms with E-state index in [0.29, 0.717) is 10.7 Å². The third kappa shape index (κ3) is 5.89. The smallest absolute Gasteiger partial charge is 0.416 e. The van der Waals surface area contributed by atoms with Gasteiger partial charge in [0.2, 0.25) is 11.6 Å². The first kappa shape index (κ1) is 26.0. The molecule has 0 spiro atoms. The predicted molar refractivity (Wildman–Crippen MR) is 112 cm³/mol. The molecule has 0 aliphatic carbocycles. The SMILES string of the molecule is Cc1c([N+](=O)[O-])c(C(F)F)nn1CC(=O)Nc1cc(Oc2cccc(C(F)(F)F)c2)cc([N+](=O)[O-])c1. The minimum Gasteiger partial charge on any atom is -0.457 e. The highest BCUT2D eigenvalue weighted by Crippen LogP contribution is 2.35. The molecule has 190 valence electrons. The number of anilines is 1. The fourth-order valence-corrected chi connectivity index (χ4v) is 3.11. The number of nitrogens with one attached hydrogen (secondary N) is 1. The monoisotopic (exact) mass is 515 g/mol. The molecule has 0 saturated heterocycles. The van der Waals surface area contributed by atoms with Crippen LogP contribution in [0.3, 0.4) is 0 Å². The first-order chi connectivity index (χ1) is 16.8. The Bertz CT molecular complexity index is 1340. The number of hydrogen-bond donors (Lipinski definition) is 1. The van der Waals surface area contributed by atoms with E-state index in [9.17, 15) is 47.0 Å².